The summed E-state index contributed by atoms with van der Waals surface area (Å²) in [6.45, 7) is 4.85. The number of aryl methyl sites for hydroxylation is 2. The van der Waals surface area contributed by atoms with Crippen LogP contribution < -0.4 is 10.1 Å². The van der Waals surface area contributed by atoms with Crippen LogP contribution in [-0.2, 0) is 11.3 Å². The molecule has 1 N–H and O–H groups in total. The van der Waals surface area contributed by atoms with Crippen molar-refractivity contribution in [3.63, 3.8) is 0 Å². The molecule has 4 rings (SSSR count). The predicted molar refractivity (Wildman–Crippen MR) is 116 cm³/mol. The third-order valence-electron chi connectivity index (χ3n) is 6.20. The number of hydrogen-bond donors (Lipinski definition) is 1. The number of nitrogens with zero attached hydrogens (tertiary/aromatic N) is 2. The first-order valence-electron chi connectivity index (χ1n) is 10.5. The van der Waals surface area contributed by atoms with Crippen molar-refractivity contribution >= 4 is 17.8 Å². The van der Waals surface area contributed by atoms with Gasteiger partial charge in [0.1, 0.15) is 11.3 Å². The Bertz CT molecular complexity index is 1050. The fourth-order valence-corrected chi connectivity index (χ4v) is 4.46. The van der Waals surface area contributed by atoms with Crippen LogP contribution in [0, 0.1) is 13.8 Å². The molecule has 2 heterocycles. The molecule has 31 heavy (non-hydrogen) atoms. The number of piperidine rings is 1. The molecule has 2 aromatic rings. The van der Waals surface area contributed by atoms with Crippen LogP contribution in [0.3, 0.4) is 0 Å². The fraction of sp³-hybridized carbons (Fsp3) is 0.375. The van der Waals surface area contributed by atoms with Crippen molar-refractivity contribution in [1.29, 1.82) is 0 Å². The maximum absolute atomic E-state index is 13.4. The highest BCUT2D eigenvalue weighted by atomic mass is 16.5. The number of carbonyl (C=O) groups is 3. The molecule has 162 valence electrons. The molecular formula is C24H27N3O4. The van der Waals surface area contributed by atoms with Gasteiger partial charge in [-0.25, -0.2) is 4.79 Å². The summed E-state index contributed by atoms with van der Waals surface area (Å²) in [6.07, 6.45) is 1.14. The highest BCUT2D eigenvalue weighted by molar-refractivity contribution is 6.08. The van der Waals surface area contributed by atoms with Gasteiger partial charge in [-0.15, -0.1) is 0 Å². The predicted octanol–water partition coefficient (Wildman–Crippen LogP) is 3.04. The highest BCUT2D eigenvalue weighted by Gasteiger charge is 2.53. The molecule has 0 radical (unpaired) electrons. The zero-order valence-electron chi connectivity index (χ0n) is 18.1. The van der Waals surface area contributed by atoms with Crippen molar-refractivity contribution in [3.8, 4) is 5.75 Å². The Balaban J connectivity index is 1.56. The number of benzene rings is 2. The summed E-state index contributed by atoms with van der Waals surface area (Å²) in [7, 11) is 1.52. The number of para-hydroxylation sites is 1. The number of methoxy groups -OCH3 is 1. The molecule has 1 spiro atoms. The number of rotatable bonds is 4. The minimum atomic E-state index is -1.08. The van der Waals surface area contributed by atoms with Crippen molar-refractivity contribution in [3.05, 3.63) is 64.7 Å². The quantitative estimate of drug-likeness (QED) is 0.770. The second-order valence-corrected chi connectivity index (χ2v) is 8.36. The average molecular weight is 421 g/mol. The van der Waals surface area contributed by atoms with Gasteiger partial charge < -0.3 is 15.0 Å². The topological polar surface area (TPSA) is 79.0 Å². The van der Waals surface area contributed by atoms with E-state index in [0.29, 0.717) is 30.7 Å². The van der Waals surface area contributed by atoms with E-state index in [1.807, 2.05) is 32.0 Å². The maximum atomic E-state index is 13.4. The fourth-order valence-electron chi connectivity index (χ4n) is 4.46. The SMILES string of the molecule is COc1ccccc1C(=O)N1CCCC2(C1)NC(=O)N(Cc1cc(C)ccc1C)C2=O. The van der Waals surface area contributed by atoms with Crippen LogP contribution in [0.15, 0.2) is 42.5 Å². The summed E-state index contributed by atoms with van der Waals surface area (Å²) < 4.78 is 5.32. The summed E-state index contributed by atoms with van der Waals surface area (Å²) in [5.74, 6) is 0.0212. The Labute approximate surface area is 182 Å². The Morgan fingerprint density at radius 3 is 2.71 bits per heavy atom. The summed E-state index contributed by atoms with van der Waals surface area (Å²) >= 11 is 0. The zero-order chi connectivity index (χ0) is 22.2. The molecule has 7 nitrogen and oxygen atoms in total. The van der Waals surface area contributed by atoms with Crippen LogP contribution in [0.2, 0.25) is 0 Å². The molecule has 0 bridgehead atoms. The lowest BCUT2D eigenvalue weighted by Crippen LogP contribution is -2.59. The molecular weight excluding hydrogens is 394 g/mol. The number of amides is 4. The Morgan fingerprint density at radius 2 is 1.94 bits per heavy atom. The van der Waals surface area contributed by atoms with E-state index in [-0.39, 0.29) is 24.9 Å². The zero-order valence-corrected chi connectivity index (χ0v) is 18.1. The molecule has 0 saturated carbocycles. The number of hydrogen-bond acceptors (Lipinski definition) is 4. The molecule has 2 saturated heterocycles. The van der Waals surface area contributed by atoms with E-state index >= 15 is 0 Å². The number of ether oxygens (including phenoxy) is 1. The largest absolute Gasteiger partial charge is 0.496 e. The van der Waals surface area contributed by atoms with Gasteiger partial charge in [0.05, 0.1) is 25.8 Å². The van der Waals surface area contributed by atoms with Gasteiger partial charge in [0.15, 0.2) is 0 Å². The molecule has 1 atom stereocenters. The van der Waals surface area contributed by atoms with E-state index in [2.05, 4.69) is 5.32 Å². The van der Waals surface area contributed by atoms with E-state index in [4.69, 9.17) is 4.74 Å². The van der Waals surface area contributed by atoms with Gasteiger partial charge in [-0.05, 0) is 49.9 Å². The Kier molecular flexibility index (Phi) is 5.43. The summed E-state index contributed by atoms with van der Waals surface area (Å²) in [5, 5.41) is 2.90. The molecule has 4 amide bonds. The number of urea groups is 1. The van der Waals surface area contributed by atoms with Crippen LogP contribution in [0.4, 0.5) is 4.79 Å². The smallest absolute Gasteiger partial charge is 0.325 e. The van der Waals surface area contributed by atoms with Crippen molar-refractivity contribution < 1.29 is 19.1 Å². The third kappa shape index (κ3) is 3.76. The van der Waals surface area contributed by atoms with Crippen LogP contribution in [0.5, 0.6) is 5.75 Å². The van der Waals surface area contributed by atoms with Gasteiger partial charge in [0, 0.05) is 6.54 Å². The monoisotopic (exact) mass is 421 g/mol. The van der Waals surface area contributed by atoms with Gasteiger partial charge in [-0.1, -0.05) is 35.9 Å². The van der Waals surface area contributed by atoms with E-state index in [0.717, 1.165) is 16.7 Å². The van der Waals surface area contributed by atoms with Crippen LogP contribution in [-0.4, -0.2) is 53.4 Å². The third-order valence-corrected chi connectivity index (χ3v) is 6.20. The molecule has 2 aliphatic heterocycles. The molecule has 2 fully saturated rings. The standard InChI is InChI=1S/C24H27N3O4/c1-16-9-10-17(2)18(13-16)14-27-22(29)24(25-23(27)30)11-6-12-26(15-24)21(28)19-7-4-5-8-20(19)31-3/h4-5,7-10,13H,6,11-12,14-15H2,1-3H3,(H,25,30). The lowest BCUT2D eigenvalue weighted by molar-refractivity contribution is -0.133. The second-order valence-electron chi connectivity index (χ2n) is 8.36. The lowest BCUT2D eigenvalue weighted by atomic mass is 9.88. The number of imide groups is 1. The average Bonchev–Trinajstić information content (AvgIpc) is 2.99. The van der Waals surface area contributed by atoms with E-state index in [1.54, 1.807) is 29.2 Å². The van der Waals surface area contributed by atoms with Crippen LogP contribution in [0.25, 0.3) is 0 Å². The Hall–Kier alpha value is -3.35. The van der Waals surface area contributed by atoms with Crippen LogP contribution >= 0.6 is 0 Å². The van der Waals surface area contributed by atoms with Gasteiger partial charge in [0.25, 0.3) is 11.8 Å². The number of likely N-dealkylation sites (tertiary alicyclic amines) is 1. The van der Waals surface area contributed by atoms with Crippen molar-refractivity contribution in [1.82, 2.24) is 15.1 Å². The van der Waals surface area contributed by atoms with E-state index < -0.39 is 11.6 Å². The summed E-state index contributed by atoms with van der Waals surface area (Å²) in [5.41, 5.74) is 2.42. The molecule has 7 heteroatoms. The van der Waals surface area contributed by atoms with Crippen LogP contribution in [0.1, 0.15) is 39.9 Å². The first kappa shape index (κ1) is 20.9. The molecule has 1 unspecified atom stereocenters. The van der Waals surface area contributed by atoms with Crippen molar-refractivity contribution in [2.75, 3.05) is 20.2 Å². The molecule has 0 aliphatic carbocycles. The second kappa shape index (κ2) is 8.06. The number of carbonyl (C=O) groups excluding carboxylic acids is 3. The highest BCUT2D eigenvalue weighted by Crippen LogP contribution is 2.31. The molecule has 2 aliphatic rings. The summed E-state index contributed by atoms with van der Waals surface area (Å²) in [6, 6.07) is 12.6. The molecule has 2 aromatic carbocycles. The van der Waals surface area contributed by atoms with E-state index in [1.165, 1.54) is 12.0 Å². The lowest BCUT2D eigenvalue weighted by Gasteiger charge is -2.38. The normalized spacial score (nSPS) is 20.9. The van der Waals surface area contributed by atoms with Gasteiger partial charge in [-0.2, -0.15) is 0 Å². The molecule has 0 aromatic heterocycles. The first-order valence-corrected chi connectivity index (χ1v) is 10.5. The van der Waals surface area contributed by atoms with Gasteiger partial charge in [0.2, 0.25) is 0 Å². The van der Waals surface area contributed by atoms with Gasteiger partial charge >= 0.3 is 6.03 Å². The Morgan fingerprint density at radius 1 is 1.16 bits per heavy atom. The van der Waals surface area contributed by atoms with Crippen molar-refractivity contribution in [2.24, 2.45) is 0 Å². The first-order chi connectivity index (χ1) is 14.8. The minimum Gasteiger partial charge on any atom is -0.496 e. The van der Waals surface area contributed by atoms with Gasteiger partial charge in [-0.3, -0.25) is 14.5 Å². The van der Waals surface area contributed by atoms with E-state index in [9.17, 15) is 14.4 Å². The maximum Gasteiger partial charge on any atom is 0.325 e. The van der Waals surface area contributed by atoms with Crippen molar-refractivity contribution in [2.45, 2.75) is 38.8 Å². The summed E-state index contributed by atoms with van der Waals surface area (Å²) in [4.78, 5) is 42.3. The minimum absolute atomic E-state index is 0.151. The number of nitrogens with one attached hydrogen (secondary N) is 1.